The molecule has 8 aromatic rings. The highest BCUT2D eigenvalue weighted by molar-refractivity contribution is 6.20. The molecule has 34 heavy (non-hydrogen) atoms. The van der Waals surface area contributed by atoms with Crippen molar-refractivity contribution in [2.24, 2.45) is 0 Å². The van der Waals surface area contributed by atoms with E-state index in [4.69, 9.17) is 8.83 Å². The van der Waals surface area contributed by atoms with Gasteiger partial charge in [-0.1, -0.05) is 66.7 Å². The van der Waals surface area contributed by atoms with E-state index >= 15 is 0 Å². The number of benzene rings is 6. The molecule has 0 fully saturated rings. The molecular formula is C32H18O2. The standard InChI is InChI=1S/C32H18O2/c1-2-8-21-19(7-1)15-24(20-13-14-31-27(16-20)22-9-3-5-11-29(22)33-31)25-17-28-23-10-4-6-12-30(23)34-32(28)18-26(21)25/h1-18H. The van der Waals surface area contributed by atoms with Crippen molar-refractivity contribution < 1.29 is 8.83 Å². The van der Waals surface area contributed by atoms with E-state index in [0.717, 1.165) is 43.9 Å². The summed E-state index contributed by atoms with van der Waals surface area (Å²) >= 11 is 0. The molecule has 0 spiro atoms. The number of hydrogen-bond acceptors (Lipinski definition) is 2. The molecule has 0 radical (unpaired) electrons. The Hall–Kier alpha value is -4.56. The number of furan rings is 2. The van der Waals surface area contributed by atoms with Gasteiger partial charge in [-0.05, 0) is 75.1 Å². The molecule has 2 nitrogen and oxygen atoms in total. The average molecular weight is 434 g/mol. The highest BCUT2D eigenvalue weighted by Gasteiger charge is 2.15. The van der Waals surface area contributed by atoms with Gasteiger partial charge in [0.15, 0.2) is 0 Å². The molecule has 158 valence electrons. The minimum Gasteiger partial charge on any atom is -0.456 e. The summed E-state index contributed by atoms with van der Waals surface area (Å²) in [6, 6.07) is 38.5. The van der Waals surface area contributed by atoms with Crippen LogP contribution in [0.1, 0.15) is 0 Å². The van der Waals surface area contributed by atoms with E-state index in [0.29, 0.717) is 0 Å². The van der Waals surface area contributed by atoms with Crippen LogP contribution in [0.15, 0.2) is 118 Å². The second kappa shape index (κ2) is 6.49. The Morgan fingerprint density at radius 2 is 0.971 bits per heavy atom. The Kier molecular flexibility index (Phi) is 3.42. The molecule has 2 heteroatoms. The SMILES string of the molecule is c1ccc2c(c1)cc(-c1ccc3oc4ccccc4c3c1)c1cc3c(cc12)oc1ccccc13. The van der Waals surface area contributed by atoms with Crippen molar-refractivity contribution in [1.82, 2.24) is 0 Å². The third-order valence-corrected chi connectivity index (χ3v) is 7.05. The summed E-state index contributed by atoms with van der Waals surface area (Å²) in [7, 11) is 0. The first-order valence-corrected chi connectivity index (χ1v) is 11.5. The first kappa shape index (κ1) is 17.9. The van der Waals surface area contributed by atoms with E-state index in [-0.39, 0.29) is 0 Å². The zero-order valence-electron chi connectivity index (χ0n) is 18.2. The van der Waals surface area contributed by atoms with Crippen molar-refractivity contribution in [1.29, 1.82) is 0 Å². The van der Waals surface area contributed by atoms with Crippen molar-refractivity contribution in [3.05, 3.63) is 109 Å². The molecule has 0 aliphatic heterocycles. The van der Waals surface area contributed by atoms with Gasteiger partial charge in [-0.2, -0.15) is 0 Å². The van der Waals surface area contributed by atoms with Crippen LogP contribution in [0, 0.1) is 0 Å². The maximum Gasteiger partial charge on any atom is 0.136 e. The maximum atomic E-state index is 6.24. The van der Waals surface area contributed by atoms with Gasteiger partial charge in [0.2, 0.25) is 0 Å². The normalized spacial score (nSPS) is 12.1. The Labute approximate surface area is 194 Å². The van der Waals surface area contributed by atoms with Gasteiger partial charge in [0.25, 0.3) is 0 Å². The molecule has 0 unspecified atom stereocenters. The molecule has 6 aromatic carbocycles. The van der Waals surface area contributed by atoms with E-state index in [1.54, 1.807) is 0 Å². The number of fused-ring (bicyclic) bond motifs is 9. The fraction of sp³-hybridized carbons (Fsp3) is 0. The molecule has 0 atom stereocenters. The van der Waals surface area contributed by atoms with Gasteiger partial charge in [-0.3, -0.25) is 0 Å². The van der Waals surface area contributed by atoms with E-state index in [1.165, 1.54) is 32.7 Å². The molecular weight excluding hydrogens is 416 g/mol. The predicted octanol–water partition coefficient (Wildman–Crippen LogP) is 9.46. The predicted molar refractivity (Wildman–Crippen MR) is 141 cm³/mol. The summed E-state index contributed by atoms with van der Waals surface area (Å²) in [4.78, 5) is 0. The molecule has 0 aliphatic rings. The molecule has 0 saturated heterocycles. The first-order chi connectivity index (χ1) is 16.8. The lowest BCUT2D eigenvalue weighted by Crippen LogP contribution is -1.85. The second-order valence-corrected chi connectivity index (χ2v) is 8.95. The van der Waals surface area contributed by atoms with E-state index in [2.05, 4.69) is 84.9 Å². The van der Waals surface area contributed by atoms with Gasteiger partial charge < -0.3 is 8.83 Å². The number of hydrogen-bond donors (Lipinski definition) is 0. The lowest BCUT2D eigenvalue weighted by Gasteiger charge is -2.12. The third-order valence-electron chi connectivity index (χ3n) is 7.05. The lowest BCUT2D eigenvalue weighted by molar-refractivity contribution is 0.669. The van der Waals surface area contributed by atoms with E-state index < -0.39 is 0 Å². The van der Waals surface area contributed by atoms with Gasteiger partial charge in [0.1, 0.15) is 22.3 Å². The van der Waals surface area contributed by atoms with Crippen molar-refractivity contribution in [2.75, 3.05) is 0 Å². The summed E-state index contributed by atoms with van der Waals surface area (Å²) in [5.41, 5.74) is 6.08. The summed E-state index contributed by atoms with van der Waals surface area (Å²) in [6.07, 6.45) is 0. The topological polar surface area (TPSA) is 26.3 Å². The third kappa shape index (κ3) is 2.40. The van der Waals surface area contributed by atoms with Crippen molar-refractivity contribution in [2.45, 2.75) is 0 Å². The van der Waals surface area contributed by atoms with Crippen LogP contribution in [0.2, 0.25) is 0 Å². The van der Waals surface area contributed by atoms with Crippen molar-refractivity contribution in [3.63, 3.8) is 0 Å². The summed E-state index contributed by atoms with van der Waals surface area (Å²) in [5, 5.41) is 9.47. The first-order valence-electron chi connectivity index (χ1n) is 11.5. The van der Waals surface area contributed by atoms with Crippen LogP contribution in [0.3, 0.4) is 0 Å². The summed E-state index contributed by atoms with van der Waals surface area (Å²) in [6.45, 7) is 0. The van der Waals surface area contributed by atoms with E-state index in [9.17, 15) is 0 Å². The fourth-order valence-corrected chi connectivity index (χ4v) is 5.45. The minimum absolute atomic E-state index is 0.915. The van der Waals surface area contributed by atoms with Gasteiger partial charge in [-0.25, -0.2) is 0 Å². The molecule has 2 aromatic heterocycles. The van der Waals surface area contributed by atoms with Crippen LogP contribution in [0.4, 0.5) is 0 Å². The minimum atomic E-state index is 0.915. The van der Waals surface area contributed by atoms with Crippen LogP contribution >= 0.6 is 0 Å². The zero-order chi connectivity index (χ0) is 22.2. The quantitative estimate of drug-likeness (QED) is 0.240. The second-order valence-electron chi connectivity index (χ2n) is 8.95. The molecule has 0 bridgehead atoms. The molecule has 0 aliphatic carbocycles. The highest BCUT2D eigenvalue weighted by Crippen LogP contribution is 2.41. The zero-order valence-corrected chi connectivity index (χ0v) is 18.2. The van der Waals surface area contributed by atoms with E-state index in [1.807, 2.05) is 24.3 Å². The van der Waals surface area contributed by atoms with Gasteiger partial charge in [0.05, 0.1) is 0 Å². The average Bonchev–Trinajstić information content (AvgIpc) is 3.44. The largest absolute Gasteiger partial charge is 0.456 e. The Bertz CT molecular complexity index is 2070. The summed E-state index contributed by atoms with van der Waals surface area (Å²) < 4.78 is 12.3. The lowest BCUT2D eigenvalue weighted by atomic mass is 9.91. The highest BCUT2D eigenvalue weighted by atomic mass is 16.3. The molecule has 0 N–H and O–H groups in total. The summed E-state index contributed by atoms with van der Waals surface area (Å²) in [5.74, 6) is 0. The molecule has 0 amide bonds. The molecule has 2 heterocycles. The smallest absolute Gasteiger partial charge is 0.136 e. The maximum absolute atomic E-state index is 6.24. The van der Waals surface area contributed by atoms with Crippen LogP contribution in [-0.4, -0.2) is 0 Å². The Balaban J connectivity index is 1.52. The number of rotatable bonds is 1. The van der Waals surface area contributed by atoms with Gasteiger partial charge in [0, 0.05) is 21.5 Å². The fourth-order valence-electron chi connectivity index (χ4n) is 5.45. The molecule has 8 rings (SSSR count). The van der Waals surface area contributed by atoms with Crippen LogP contribution in [0.5, 0.6) is 0 Å². The van der Waals surface area contributed by atoms with Crippen LogP contribution in [0.25, 0.3) is 76.5 Å². The van der Waals surface area contributed by atoms with Crippen LogP contribution < -0.4 is 0 Å². The van der Waals surface area contributed by atoms with Crippen LogP contribution in [-0.2, 0) is 0 Å². The monoisotopic (exact) mass is 434 g/mol. The Morgan fingerprint density at radius 1 is 0.353 bits per heavy atom. The van der Waals surface area contributed by atoms with Gasteiger partial charge >= 0.3 is 0 Å². The van der Waals surface area contributed by atoms with Gasteiger partial charge in [-0.15, -0.1) is 0 Å². The number of para-hydroxylation sites is 2. The van der Waals surface area contributed by atoms with Crippen molar-refractivity contribution in [3.8, 4) is 11.1 Å². The Morgan fingerprint density at radius 3 is 1.76 bits per heavy atom. The molecule has 0 saturated carbocycles. The van der Waals surface area contributed by atoms with Crippen molar-refractivity contribution >= 4 is 65.4 Å².